The molecular weight excluding hydrogens is 208 g/mol. The summed E-state index contributed by atoms with van der Waals surface area (Å²) >= 11 is 0. The van der Waals surface area contributed by atoms with Crippen molar-refractivity contribution in [1.29, 1.82) is 0 Å². The summed E-state index contributed by atoms with van der Waals surface area (Å²) in [5.74, 6) is 0.813. The molecule has 2 rings (SSSR count). The third-order valence-electron chi connectivity index (χ3n) is 2.36. The molecule has 0 aromatic carbocycles. The maximum absolute atomic E-state index is 10.8. The van der Waals surface area contributed by atoms with Gasteiger partial charge in [0.05, 0.1) is 0 Å². The Morgan fingerprint density at radius 3 is 1.79 bits per heavy atom. The Kier molecular flexibility index (Phi) is 4.03. The average molecular weight is 222 g/mol. The Morgan fingerprint density at radius 1 is 1.14 bits per heavy atom. The van der Waals surface area contributed by atoms with Crippen LogP contribution in [0.2, 0.25) is 0 Å². The van der Waals surface area contributed by atoms with Crippen LogP contribution in [0.25, 0.3) is 0 Å². The molecule has 1 saturated carbocycles. The number of carbonyl (C=O) groups is 1. The van der Waals surface area contributed by atoms with E-state index in [9.17, 15) is 13.2 Å². The molecule has 0 radical (unpaired) electrons. The van der Waals surface area contributed by atoms with Crippen LogP contribution in [0, 0.1) is 5.92 Å². The smallest absolute Gasteiger partial charge is 0.300 e. The van der Waals surface area contributed by atoms with Crippen LogP contribution >= 0.6 is 0 Å². The van der Waals surface area contributed by atoms with Gasteiger partial charge in [-0.1, -0.05) is 27.9 Å². The monoisotopic (exact) mass is 222 g/mol. The first-order chi connectivity index (χ1) is 6.51. The molecule has 0 atom stereocenters. The van der Waals surface area contributed by atoms with Gasteiger partial charge in [0.25, 0.3) is 0 Å². The van der Waals surface area contributed by atoms with E-state index in [4.69, 9.17) is 0 Å². The van der Waals surface area contributed by atoms with Gasteiger partial charge in [0.15, 0.2) is 0 Å². The second kappa shape index (κ2) is 4.86. The van der Waals surface area contributed by atoms with Gasteiger partial charge >= 0.3 is 10.4 Å². The van der Waals surface area contributed by atoms with E-state index in [1.807, 2.05) is 0 Å². The lowest BCUT2D eigenvalue weighted by molar-refractivity contribution is -0.121. The summed E-state index contributed by atoms with van der Waals surface area (Å²) in [6, 6.07) is 0. The molecule has 5 nitrogen and oxygen atoms in total. The molecule has 1 aliphatic carbocycles. The van der Waals surface area contributed by atoms with Gasteiger partial charge in [-0.3, -0.25) is 4.79 Å². The highest BCUT2D eigenvalue weighted by atomic mass is 32.3. The average Bonchev–Trinajstić information content (AvgIpc) is 2.84. The van der Waals surface area contributed by atoms with E-state index in [1.165, 1.54) is 19.3 Å². The van der Waals surface area contributed by atoms with Crippen molar-refractivity contribution in [3.8, 4) is 0 Å². The lowest BCUT2D eigenvalue weighted by atomic mass is 9.87. The van der Waals surface area contributed by atoms with Gasteiger partial charge in [-0.25, -0.2) is 0 Å². The molecular formula is C8H14O5S. The first-order valence-corrected chi connectivity index (χ1v) is 5.98. The Balaban J connectivity index is 0.000000165. The molecule has 1 aliphatic heterocycles. The molecule has 6 heteroatoms. The van der Waals surface area contributed by atoms with Gasteiger partial charge in [-0.2, -0.15) is 8.42 Å². The molecule has 0 spiro atoms. The molecule has 1 saturated heterocycles. The lowest BCUT2D eigenvalue weighted by Crippen LogP contribution is -2.13. The van der Waals surface area contributed by atoms with Crippen molar-refractivity contribution in [2.75, 3.05) is 0 Å². The van der Waals surface area contributed by atoms with E-state index in [1.54, 1.807) is 6.92 Å². The van der Waals surface area contributed by atoms with E-state index in [2.05, 4.69) is 8.67 Å². The first kappa shape index (κ1) is 11.6. The summed E-state index contributed by atoms with van der Waals surface area (Å²) < 4.78 is 25.3. The summed E-state index contributed by atoms with van der Waals surface area (Å²) in [5.41, 5.74) is 0. The lowest BCUT2D eigenvalue weighted by Gasteiger charge is -2.17. The molecule has 1 heterocycles. The standard InChI is InChI=1S/C8H14O.O4S/c1-7(9)8-5-3-2-4-6-8;1-5(2)3-4-5/h8H,2-6H2,1H3;. The normalized spacial score (nSPS) is 24.6. The Hall–Kier alpha value is -0.460. The zero-order valence-corrected chi connectivity index (χ0v) is 8.88. The third kappa shape index (κ3) is 4.69. The van der Waals surface area contributed by atoms with E-state index in [0.29, 0.717) is 11.7 Å². The van der Waals surface area contributed by atoms with Gasteiger partial charge in [0.1, 0.15) is 5.78 Å². The molecule has 0 aromatic rings. The highest BCUT2D eigenvalue weighted by Gasteiger charge is 2.31. The highest BCUT2D eigenvalue weighted by Crippen LogP contribution is 2.23. The molecule has 0 amide bonds. The summed E-state index contributed by atoms with van der Waals surface area (Å²) in [4.78, 5) is 10.8. The van der Waals surface area contributed by atoms with E-state index < -0.39 is 10.4 Å². The largest absolute Gasteiger partial charge is 0.455 e. The number of hydrogen-bond acceptors (Lipinski definition) is 5. The summed E-state index contributed by atoms with van der Waals surface area (Å²) in [5, 5.41) is 0. The fourth-order valence-corrected chi connectivity index (χ4v) is 1.71. The molecule has 0 N–H and O–H groups in total. The van der Waals surface area contributed by atoms with E-state index in [0.717, 1.165) is 12.8 Å². The fraction of sp³-hybridized carbons (Fsp3) is 0.875. The molecule has 0 unspecified atom stereocenters. The van der Waals surface area contributed by atoms with Gasteiger partial charge < -0.3 is 0 Å². The van der Waals surface area contributed by atoms with Crippen molar-refractivity contribution in [3.05, 3.63) is 0 Å². The molecule has 0 bridgehead atoms. The first-order valence-electron chi connectivity index (χ1n) is 4.64. The van der Waals surface area contributed by atoms with Crippen LogP contribution in [0.1, 0.15) is 39.0 Å². The Bertz CT molecular complexity index is 279. The van der Waals surface area contributed by atoms with Crippen LogP contribution in [-0.2, 0) is 23.9 Å². The summed E-state index contributed by atoms with van der Waals surface area (Å²) in [7, 11) is -3.42. The fourth-order valence-electron chi connectivity index (χ4n) is 1.53. The summed E-state index contributed by atoms with van der Waals surface area (Å²) in [6.45, 7) is 1.72. The minimum atomic E-state index is -3.42. The minimum absolute atomic E-state index is 0.398. The number of Topliss-reactive ketones (excluding diaryl/α,β-unsaturated/α-hetero) is 1. The quantitative estimate of drug-likeness (QED) is 0.494. The van der Waals surface area contributed by atoms with Crippen LogP contribution in [0.5, 0.6) is 0 Å². The predicted molar refractivity (Wildman–Crippen MR) is 48.3 cm³/mol. The second-order valence-electron chi connectivity index (χ2n) is 3.49. The maximum Gasteiger partial charge on any atom is 0.455 e. The Labute approximate surface area is 83.6 Å². The zero-order valence-electron chi connectivity index (χ0n) is 8.06. The van der Waals surface area contributed by atoms with Crippen LogP contribution in [-0.4, -0.2) is 14.2 Å². The molecule has 14 heavy (non-hydrogen) atoms. The molecule has 2 aliphatic rings. The van der Waals surface area contributed by atoms with Gasteiger partial charge in [-0.15, -0.1) is 0 Å². The van der Waals surface area contributed by atoms with Crippen molar-refractivity contribution >= 4 is 16.2 Å². The van der Waals surface area contributed by atoms with Crippen molar-refractivity contribution in [2.45, 2.75) is 39.0 Å². The SMILES string of the molecule is CC(=O)C1CCCCC1.O=S1(=O)OO1. The van der Waals surface area contributed by atoms with E-state index in [-0.39, 0.29) is 0 Å². The number of carbonyl (C=O) groups excluding carboxylic acids is 1. The van der Waals surface area contributed by atoms with Gasteiger partial charge in [-0.05, 0) is 19.8 Å². The van der Waals surface area contributed by atoms with Crippen LogP contribution < -0.4 is 0 Å². The second-order valence-corrected chi connectivity index (χ2v) is 4.58. The number of rotatable bonds is 1. The topological polar surface area (TPSA) is 76.3 Å². The van der Waals surface area contributed by atoms with Crippen molar-refractivity contribution < 1.29 is 21.9 Å². The molecule has 2 fully saturated rings. The number of hydrogen-bond donors (Lipinski definition) is 0. The van der Waals surface area contributed by atoms with Gasteiger partial charge in [0, 0.05) is 5.92 Å². The third-order valence-corrected chi connectivity index (χ3v) is 2.72. The van der Waals surface area contributed by atoms with E-state index >= 15 is 0 Å². The predicted octanol–water partition coefficient (Wildman–Crippen LogP) is 1.35. The van der Waals surface area contributed by atoms with Crippen LogP contribution in [0.15, 0.2) is 0 Å². The van der Waals surface area contributed by atoms with Crippen molar-refractivity contribution in [3.63, 3.8) is 0 Å². The van der Waals surface area contributed by atoms with Gasteiger partial charge in [0.2, 0.25) is 0 Å². The molecule has 82 valence electrons. The van der Waals surface area contributed by atoms with Crippen molar-refractivity contribution in [1.82, 2.24) is 0 Å². The molecule has 0 aromatic heterocycles. The maximum atomic E-state index is 10.8. The highest BCUT2D eigenvalue weighted by molar-refractivity contribution is 7.85. The van der Waals surface area contributed by atoms with Crippen LogP contribution in [0.3, 0.4) is 0 Å². The number of ketones is 1. The minimum Gasteiger partial charge on any atom is -0.300 e. The summed E-state index contributed by atoms with van der Waals surface area (Å²) in [6.07, 6.45) is 6.17. The zero-order chi connectivity index (χ0) is 10.6. The Morgan fingerprint density at radius 2 is 1.57 bits per heavy atom. The van der Waals surface area contributed by atoms with Crippen LogP contribution in [0.4, 0.5) is 0 Å². The van der Waals surface area contributed by atoms with Crippen molar-refractivity contribution in [2.24, 2.45) is 5.92 Å².